The summed E-state index contributed by atoms with van der Waals surface area (Å²) in [5.74, 6) is -0.0256. The van der Waals surface area contributed by atoms with Gasteiger partial charge in [-0.3, -0.25) is 4.79 Å². The lowest BCUT2D eigenvalue weighted by Gasteiger charge is -1.96. The summed E-state index contributed by atoms with van der Waals surface area (Å²) >= 11 is 5.85. The van der Waals surface area contributed by atoms with Crippen LogP contribution in [-0.4, -0.2) is 15.2 Å². The molecular formula is C10H9ClN2O. The lowest BCUT2D eigenvalue weighted by Crippen LogP contribution is -1.95. The quantitative estimate of drug-likeness (QED) is 0.675. The number of carbonyl (C=O) groups is 1. The molecule has 2 aromatic heterocycles. The third-order valence-corrected chi connectivity index (χ3v) is 2.38. The molecule has 0 N–H and O–H groups in total. The number of Topliss-reactive ketones (excluding diaryl/α,β-unsaturated/α-hetero) is 1. The van der Waals surface area contributed by atoms with Crippen molar-refractivity contribution >= 4 is 23.0 Å². The summed E-state index contributed by atoms with van der Waals surface area (Å²) in [5.41, 5.74) is 2.08. The van der Waals surface area contributed by atoms with Crippen LogP contribution >= 0.6 is 11.6 Å². The second-order valence-corrected chi connectivity index (χ2v) is 3.61. The molecule has 2 aromatic rings. The standard InChI is InChI=1S/C10H9ClN2O/c1-6-10(7(2)14)12-9-4-3-8(11)5-13(6)9/h3-5H,1-2H3. The van der Waals surface area contributed by atoms with Crippen molar-refractivity contribution in [3.05, 3.63) is 34.7 Å². The predicted octanol–water partition coefficient (Wildman–Crippen LogP) is 2.50. The first-order valence-corrected chi connectivity index (χ1v) is 4.62. The maximum Gasteiger partial charge on any atom is 0.179 e. The SMILES string of the molecule is CC(=O)c1nc2ccc(Cl)cn2c1C. The fraction of sp³-hybridized carbons (Fsp3) is 0.200. The Bertz CT molecular complexity index is 516. The van der Waals surface area contributed by atoms with E-state index >= 15 is 0 Å². The van der Waals surface area contributed by atoms with E-state index in [4.69, 9.17) is 11.6 Å². The fourth-order valence-corrected chi connectivity index (χ4v) is 1.63. The molecule has 2 heterocycles. The monoisotopic (exact) mass is 208 g/mol. The topological polar surface area (TPSA) is 34.4 Å². The van der Waals surface area contributed by atoms with Gasteiger partial charge in [0.2, 0.25) is 0 Å². The molecule has 0 saturated carbocycles. The van der Waals surface area contributed by atoms with Crippen molar-refractivity contribution in [3.8, 4) is 0 Å². The van der Waals surface area contributed by atoms with Crippen molar-refractivity contribution in [3.63, 3.8) is 0 Å². The molecule has 3 nitrogen and oxygen atoms in total. The molecule has 2 rings (SSSR count). The van der Waals surface area contributed by atoms with E-state index in [-0.39, 0.29) is 5.78 Å². The van der Waals surface area contributed by atoms with Gasteiger partial charge in [0.05, 0.1) is 10.7 Å². The minimum atomic E-state index is -0.0256. The van der Waals surface area contributed by atoms with Crippen LogP contribution in [0.5, 0.6) is 0 Å². The Kier molecular flexibility index (Phi) is 2.04. The second kappa shape index (κ2) is 3.10. The molecule has 0 bridgehead atoms. The van der Waals surface area contributed by atoms with E-state index in [2.05, 4.69) is 4.98 Å². The maximum absolute atomic E-state index is 11.2. The number of hydrogen-bond acceptors (Lipinski definition) is 2. The molecule has 72 valence electrons. The summed E-state index contributed by atoms with van der Waals surface area (Å²) in [5, 5.41) is 0.633. The van der Waals surface area contributed by atoms with Crippen molar-refractivity contribution < 1.29 is 4.79 Å². The molecule has 0 aliphatic heterocycles. The summed E-state index contributed by atoms with van der Waals surface area (Å²) < 4.78 is 1.82. The summed E-state index contributed by atoms with van der Waals surface area (Å²) in [4.78, 5) is 15.4. The average Bonchev–Trinajstić information content (AvgIpc) is 2.44. The van der Waals surface area contributed by atoms with Gasteiger partial charge in [-0.1, -0.05) is 11.6 Å². The van der Waals surface area contributed by atoms with Gasteiger partial charge >= 0.3 is 0 Å². The minimum absolute atomic E-state index is 0.0256. The highest BCUT2D eigenvalue weighted by atomic mass is 35.5. The highest BCUT2D eigenvalue weighted by Crippen LogP contribution is 2.16. The summed E-state index contributed by atoms with van der Waals surface area (Å²) in [6, 6.07) is 3.55. The van der Waals surface area contributed by atoms with Crippen LogP contribution in [0.15, 0.2) is 18.3 Å². The van der Waals surface area contributed by atoms with E-state index in [1.165, 1.54) is 6.92 Å². The zero-order valence-corrected chi connectivity index (χ0v) is 8.67. The van der Waals surface area contributed by atoms with Crippen molar-refractivity contribution in [2.24, 2.45) is 0 Å². The second-order valence-electron chi connectivity index (χ2n) is 3.18. The molecule has 14 heavy (non-hydrogen) atoms. The van der Waals surface area contributed by atoms with E-state index in [1.54, 1.807) is 18.3 Å². The minimum Gasteiger partial charge on any atom is -0.302 e. The number of rotatable bonds is 1. The largest absolute Gasteiger partial charge is 0.302 e. The summed E-state index contributed by atoms with van der Waals surface area (Å²) in [6.07, 6.45) is 1.76. The number of pyridine rings is 1. The zero-order valence-electron chi connectivity index (χ0n) is 7.91. The van der Waals surface area contributed by atoms with Gasteiger partial charge in [0, 0.05) is 13.1 Å². The molecule has 0 atom stereocenters. The van der Waals surface area contributed by atoms with Gasteiger partial charge < -0.3 is 4.40 Å². The predicted molar refractivity (Wildman–Crippen MR) is 54.9 cm³/mol. The Morgan fingerprint density at radius 1 is 1.50 bits per heavy atom. The summed E-state index contributed by atoms with van der Waals surface area (Å²) in [7, 11) is 0. The first kappa shape index (κ1) is 9.21. The van der Waals surface area contributed by atoms with Crippen LogP contribution in [0.2, 0.25) is 5.02 Å². The molecule has 0 spiro atoms. The molecule has 0 amide bonds. The Hall–Kier alpha value is -1.35. The van der Waals surface area contributed by atoms with Crippen molar-refractivity contribution in [1.29, 1.82) is 0 Å². The summed E-state index contributed by atoms with van der Waals surface area (Å²) in [6.45, 7) is 3.36. The number of fused-ring (bicyclic) bond motifs is 1. The number of carbonyl (C=O) groups excluding carboxylic acids is 1. The van der Waals surface area contributed by atoms with E-state index in [1.807, 2.05) is 11.3 Å². The number of halogens is 1. The number of nitrogens with zero attached hydrogens (tertiary/aromatic N) is 2. The lowest BCUT2D eigenvalue weighted by molar-refractivity contribution is 0.101. The van der Waals surface area contributed by atoms with E-state index in [9.17, 15) is 4.79 Å². The van der Waals surface area contributed by atoms with Gasteiger partial charge in [0.25, 0.3) is 0 Å². The highest BCUT2D eigenvalue weighted by Gasteiger charge is 2.11. The van der Waals surface area contributed by atoms with Crippen LogP contribution in [0, 0.1) is 6.92 Å². The lowest BCUT2D eigenvalue weighted by atomic mass is 10.3. The van der Waals surface area contributed by atoms with Gasteiger partial charge in [0.1, 0.15) is 11.3 Å². The van der Waals surface area contributed by atoms with Gasteiger partial charge in [-0.25, -0.2) is 4.98 Å². The van der Waals surface area contributed by atoms with E-state index in [0.717, 1.165) is 11.3 Å². The molecule has 0 radical (unpaired) electrons. The van der Waals surface area contributed by atoms with Gasteiger partial charge in [-0.15, -0.1) is 0 Å². The number of ketones is 1. The highest BCUT2D eigenvalue weighted by molar-refractivity contribution is 6.30. The average molecular weight is 209 g/mol. The Morgan fingerprint density at radius 2 is 2.21 bits per heavy atom. The Labute approximate surface area is 86.3 Å². The number of imidazole rings is 1. The smallest absolute Gasteiger partial charge is 0.179 e. The van der Waals surface area contributed by atoms with Gasteiger partial charge in [-0.2, -0.15) is 0 Å². The molecule has 0 unspecified atom stereocenters. The van der Waals surface area contributed by atoms with Crippen LogP contribution in [0.25, 0.3) is 5.65 Å². The molecule has 0 aromatic carbocycles. The van der Waals surface area contributed by atoms with Crippen LogP contribution in [0.1, 0.15) is 23.1 Å². The number of aryl methyl sites for hydroxylation is 1. The van der Waals surface area contributed by atoms with E-state index in [0.29, 0.717) is 10.7 Å². The third kappa shape index (κ3) is 1.30. The van der Waals surface area contributed by atoms with Crippen molar-refractivity contribution in [2.75, 3.05) is 0 Å². The molecule has 0 aliphatic rings. The zero-order chi connectivity index (χ0) is 10.3. The Balaban J connectivity index is 2.80. The van der Waals surface area contributed by atoms with Crippen molar-refractivity contribution in [2.45, 2.75) is 13.8 Å². The van der Waals surface area contributed by atoms with Gasteiger partial charge in [-0.05, 0) is 19.1 Å². The molecule has 0 fully saturated rings. The molecule has 0 saturated heterocycles. The van der Waals surface area contributed by atoms with Crippen LogP contribution in [0.3, 0.4) is 0 Å². The van der Waals surface area contributed by atoms with Crippen LogP contribution < -0.4 is 0 Å². The Morgan fingerprint density at radius 3 is 2.86 bits per heavy atom. The van der Waals surface area contributed by atoms with Crippen LogP contribution in [-0.2, 0) is 0 Å². The molecule has 4 heteroatoms. The molecular weight excluding hydrogens is 200 g/mol. The molecule has 0 aliphatic carbocycles. The van der Waals surface area contributed by atoms with Crippen LogP contribution in [0.4, 0.5) is 0 Å². The maximum atomic E-state index is 11.2. The third-order valence-electron chi connectivity index (χ3n) is 2.15. The fourth-order valence-electron chi connectivity index (χ4n) is 1.47. The van der Waals surface area contributed by atoms with Gasteiger partial charge in [0.15, 0.2) is 5.78 Å². The normalized spacial score (nSPS) is 10.8. The first-order valence-electron chi connectivity index (χ1n) is 4.25. The number of aromatic nitrogens is 2. The van der Waals surface area contributed by atoms with E-state index < -0.39 is 0 Å². The van der Waals surface area contributed by atoms with Crippen molar-refractivity contribution in [1.82, 2.24) is 9.38 Å². The first-order chi connectivity index (χ1) is 6.59. The number of hydrogen-bond donors (Lipinski definition) is 0.